The number of hydrogen-bond donors (Lipinski definition) is 0. The van der Waals surface area contributed by atoms with Crippen LogP contribution in [-0.2, 0) is 0 Å². The van der Waals surface area contributed by atoms with Gasteiger partial charge < -0.3 is 9.15 Å². The molecule has 0 aliphatic carbocycles. The maximum atomic E-state index is 6.04. The third-order valence-electron chi connectivity index (χ3n) is 3.92. The van der Waals surface area contributed by atoms with E-state index in [4.69, 9.17) is 9.15 Å². The van der Waals surface area contributed by atoms with Crippen molar-refractivity contribution >= 4 is 27.7 Å². The van der Waals surface area contributed by atoms with Crippen molar-refractivity contribution in [2.75, 3.05) is 0 Å². The summed E-state index contributed by atoms with van der Waals surface area (Å²) in [5.41, 5.74) is 2.52. The van der Waals surface area contributed by atoms with Crippen molar-refractivity contribution in [2.45, 2.75) is 6.92 Å². The lowest BCUT2D eigenvalue weighted by atomic mass is 10.1. The van der Waals surface area contributed by atoms with Crippen molar-refractivity contribution in [1.82, 2.24) is 19.6 Å². The van der Waals surface area contributed by atoms with E-state index in [0.29, 0.717) is 17.4 Å². The molecule has 3 aromatic heterocycles. The van der Waals surface area contributed by atoms with Crippen molar-refractivity contribution in [1.29, 1.82) is 0 Å². The zero-order valence-electron chi connectivity index (χ0n) is 12.8. The summed E-state index contributed by atoms with van der Waals surface area (Å²) in [6.45, 7) is 1.90. The Bertz CT molecular complexity index is 1210. The molecule has 2 aromatic carbocycles. The third kappa shape index (κ3) is 1.93. The van der Waals surface area contributed by atoms with Crippen LogP contribution in [0.2, 0.25) is 0 Å². The van der Waals surface area contributed by atoms with E-state index in [9.17, 15) is 0 Å². The number of aromatic nitrogens is 4. The maximum Gasteiger partial charge on any atom is 0.255 e. The summed E-state index contributed by atoms with van der Waals surface area (Å²) in [7, 11) is 0. The van der Waals surface area contributed by atoms with Gasteiger partial charge in [-0.2, -0.15) is 14.6 Å². The Labute approximate surface area is 136 Å². The van der Waals surface area contributed by atoms with E-state index in [-0.39, 0.29) is 0 Å². The molecular formula is C18H12N4O2. The molecule has 0 saturated heterocycles. The first-order valence-corrected chi connectivity index (χ1v) is 7.54. The molecule has 116 valence electrons. The van der Waals surface area contributed by atoms with Gasteiger partial charge in [-0.25, -0.2) is 4.98 Å². The lowest BCUT2D eigenvalue weighted by molar-refractivity contribution is 0.445. The average Bonchev–Trinajstić information content (AvgIpc) is 3.19. The van der Waals surface area contributed by atoms with Crippen LogP contribution < -0.4 is 4.74 Å². The number of nitrogens with zero attached hydrogens (tertiary/aromatic N) is 4. The van der Waals surface area contributed by atoms with Crippen LogP contribution in [-0.4, -0.2) is 19.6 Å². The van der Waals surface area contributed by atoms with E-state index in [2.05, 4.69) is 15.1 Å². The first-order chi connectivity index (χ1) is 11.8. The van der Waals surface area contributed by atoms with Crippen LogP contribution >= 0.6 is 0 Å². The first-order valence-electron chi connectivity index (χ1n) is 7.54. The molecule has 6 nitrogen and oxygen atoms in total. The lowest BCUT2D eigenvalue weighted by Gasteiger charge is -2.07. The molecule has 0 bridgehead atoms. The van der Waals surface area contributed by atoms with E-state index < -0.39 is 0 Å². The van der Waals surface area contributed by atoms with Gasteiger partial charge in [-0.3, -0.25) is 0 Å². The molecule has 0 amide bonds. The molecule has 0 radical (unpaired) electrons. The number of furan rings is 1. The van der Waals surface area contributed by atoms with Gasteiger partial charge >= 0.3 is 0 Å². The summed E-state index contributed by atoms with van der Waals surface area (Å²) in [6.07, 6.45) is 1.46. The number of ether oxygens (including phenoxy) is 1. The first kappa shape index (κ1) is 13.1. The molecular weight excluding hydrogens is 304 g/mol. The van der Waals surface area contributed by atoms with Gasteiger partial charge in [0, 0.05) is 22.5 Å². The van der Waals surface area contributed by atoms with Gasteiger partial charge in [-0.05, 0) is 31.2 Å². The van der Waals surface area contributed by atoms with E-state index >= 15 is 0 Å². The number of hydrogen-bond acceptors (Lipinski definition) is 5. The Morgan fingerprint density at radius 1 is 1.00 bits per heavy atom. The monoisotopic (exact) mass is 316 g/mol. The fraction of sp³-hybridized carbons (Fsp3) is 0.0556. The highest BCUT2D eigenvalue weighted by Crippen LogP contribution is 2.32. The average molecular weight is 316 g/mol. The molecule has 0 aliphatic heterocycles. The van der Waals surface area contributed by atoms with Crippen LogP contribution in [0.25, 0.3) is 27.7 Å². The molecule has 6 heteroatoms. The molecule has 24 heavy (non-hydrogen) atoms. The van der Waals surface area contributed by atoms with Gasteiger partial charge in [0.1, 0.15) is 23.2 Å². The smallest absolute Gasteiger partial charge is 0.255 e. The van der Waals surface area contributed by atoms with Crippen molar-refractivity contribution < 1.29 is 9.15 Å². The zero-order valence-corrected chi connectivity index (χ0v) is 12.8. The quantitative estimate of drug-likeness (QED) is 0.490. The standard InChI is InChI=1S/C18H12N4O2/c1-11-8-17(22-18(21-11)19-10-20-22)23-12-6-7-16-14(9-12)13-4-2-3-5-15(13)24-16/h2-10H,1H3. The molecule has 0 spiro atoms. The summed E-state index contributed by atoms with van der Waals surface area (Å²) in [6, 6.07) is 15.6. The summed E-state index contributed by atoms with van der Waals surface area (Å²) < 4.78 is 13.5. The molecule has 3 heterocycles. The second-order valence-corrected chi connectivity index (χ2v) is 5.57. The van der Waals surface area contributed by atoms with Crippen molar-refractivity contribution in [2.24, 2.45) is 0 Å². The highest BCUT2D eigenvalue weighted by atomic mass is 16.5. The number of rotatable bonds is 2. The fourth-order valence-electron chi connectivity index (χ4n) is 2.86. The van der Waals surface area contributed by atoms with Gasteiger partial charge in [-0.1, -0.05) is 18.2 Å². The Balaban J connectivity index is 1.66. The SMILES string of the molecule is Cc1cc(Oc2ccc3oc4ccccc4c3c2)n2ncnc2n1. The molecule has 0 saturated carbocycles. The van der Waals surface area contributed by atoms with Gasteiger partial charge in [0.25, 0.3) is 5.78 Å². The Kier molecular flexibility index (Phi) is 2.61. The van der Waals surface area contributed by atoms with Crippen molar-refractivity contribution in [3.05, 3.63) is 60.6 Å². The molecule has 0 atom stereocenters. The van der Waals surface area contributed by atoms with Crippen molar-refractivity contribution in [3.63, 3.8) is 0 Å². The number of aryl methyl sites for hydroxylation is 1. The lowest BCUT2D eigenvalue weighted by Crippen LogP contribution is -1.99. The molecule has 5 aromatic rings. The second kappa shape index (κ2) is 4.79. The third-order valence-corrected chi connectivity index (χ3v) is 3.92. The van der Waals surface area contributed by atoms with E-state index in [1.54, 1.807) is 4.52 Å². The summed E-state index contributed by atoms with van der Waals surface area (Å²) >= 11 is 0. The Morgan fingerprint density at radius 2 is 1.88 bits per heavy atom. The molecule has 5 rings (SSSR count). The van der Waals surface area contributed by atoms with E-state index in [1.807, 2.05) is 55.5 Å². The van der Waals surface area contributed by atoms with Gasteiger partial charge in [-0.15, -0.1) is 0 Å². The van der Waals surface area contributed by atoms with Crippen molar-refractivity contribution in [3.8, 4) is 11.6 Å². The second-order valence-electron chi connectivity index (χ2n) is 5.57. The van der Waals surface area contributed by atoms with Gasteiger partial charge in [0.2, 0.25) is 5.88 Å². The highest BCUT2D eigenvalue weighted by molar-refractivity contribution is 6.05. The summed E-state index contributed by atoms with van der Waals surface area (Å²) in [4.78, 5) is 8.43. The molecule has 0 N–H and O–H groups in total. The van der Waals surface area contributed by atoms with Gasteiger partial charge in [0.15, 0.2) is 0 Å². The molecule has 0 aliphatic rings. The maximum absolute atomic E-state index is 6.04. The van der Waals surface area contributed by atoms with Crippen LogP contribution in [0.15, 0.2) is 59.3 Å². The normalized spacial score (nSPS) is 11.5. The van der Waals surface area contributed by atoms with Crippen LogP contribution in [0.1, 0.15) is 5.69 Å². The Hall–Kier alpha value is -3.41. The minimum Gasteiger partial charge on any atom is -0.456 e. The van der Waals surface area contributed by atoms with Gasteiger partial charge in [0.05, 0.1) is 0 Å². The molecule has 0 unspecified atom stereocenters. The topological polar surface area (TPSA) is 65.5 Å². The van der Waals surface area contributed by atoms with Crippen LogP contribution in [0.3, 0.4) is 0 Å². The molecule has 0 fully saturated rings. The largest absolute Gasteiger partial charge is 0.456 e. The minimum absolute atomic E-state index is 0.514. The number of para-hydroxylation sites is 1. The zero-order chi connectivity index (χ0) is 16.1. The highest BCUT2D eigenvalue weighted by Gasteiger charge is 2.11. The summed E-state index contributed by atoms with van der Waals surface area (Å²) in [5.74, 6) is 1.79. The van der Waals surface area contributed by atoms with Crippen LogP contribution in [0, 0.1) is 6.92 Å². The minimum atomic E-state index is 0.514. The van der Waals surface area contributed by atoms with E-state index in [0.717, 1.165) is 27.6 Å². The summed E-state index contributed by atoms with van der Waals surface area (Å²) in [5, 5.41) is 6.24. The van der Waals surface area contributed by atoms with Crippen LogP contribution in [0.5, 0.6) is 11.6 Å². The predicted molar refractivity (Wildman–Crippen MR) is 89.3 cm³/mol. The van der Waals surface area contributed by atoms with E-state index in [1.165, 1.54) is 6.33 Å². The number of fused-ring (bicyclic) bond motifs is 4. The van der Waals surface area contributed by atoms with Crippen LogP contribution in [0.4, 0.5) is 0 Å². The predicted octanol–water partition coefficient (Wildman–Crippen LogP) is 4.12. The number of benzene rings is 2. The fourth-order valence-corrected chi connectivity index (χ4v) is 2.86. The Morgan fingerprint density at radius 3 is 2.83 bits per heavy atom.